The van der Waals surface area contributed by atoms with E-state index in [1.807, 2.05) is 13.0 Å². The van der Waals surface area contributed by atoms with Gasteiger partial charge >= 0.3 is 0 Å². The van der Waals surface area contributed by atoms with E-state index in [0.29, 0.717) is 0 Å². The molecule has 1 aromatic carbocycles. The van der Waals surface area contributed by atoms with E-state index in [2.05, 4.69) is 0 Å². The van der Waals surface area contributed by atoms with Gasteiger partial charge in [-0.05, 0) is 25.5 Å². The Kier molecular flexibility index (Phi) is 2.72. The third-order valence-corrected chi connectivity index (χ3v) is 5.53. The van der Waals surface area contributed by atoms with Gasteiger partial charge in [-0.3, -0.25) is 0 Å². The van der Waals surface area contributed by atoms with Crippen LogP contribution >= 0.6 is 0 Å². The van der Waals surface area contributed by atoms with E-state index in [4.69, 9.17) is 10.4 Å². The van der Waals surface area contributed by atoms with E-state index in [1.54, 1.807) is 24.3 Å². The first-order valence-corrected chi connectivity index (χ1v) is 6.83. The smallest absolute Gasteiger partial charge is 0.182 e. The molecular formula is C12H13NO3S. The summed E-state index contributed by atoms with van der Waals surface area (Å²) >= 11 is 0. The predicted octanol–water partition coefficient (Wildman–Crippen LogP) is 1.04. The highest BCUT2D eigenvalue weighted by atomic mass is 32.2. The van der Waals surface area contributed by atoms with E-state index in [-0.39, 0.29) is 11.3 Å². The van der Waals surface area contributed by atoms with Crippen LogP contribution < -0.4 is 0 Å². The van der Waals surface area contributed by atoms with Crippen molar-refractivity contribution in [2.75, 3.05) is 6.61 Å². The number of benzene rings is 1. The Balaban J connectivity index is 2.35. The van der Waals surface area contributed by atoms with E-state index >= 15 is 0 Å². The van der Waals surface area contributed by atoms with Gasteiger partial charge in [0.2, 0.25) is 0 Å². The van der Waals surface area contributed by atoms with Crippen LogP contribution in [0.4, 0.5) is 0 Å². The minimum atomic E-state index is -3.50. The molecule has 17 heavy (non-hydrogen) atoms. The summed E-state index contributed by atoms with van der Waals surface area (Å²) in [6, 6.07) is 8.45. The fourth-order valence-corrected chi connectivity index (χ4v) is 3.97. The SMILES string of the molecule is Cc1ccc(S(=O)(=O)[C@H]2C[C@]2(C#N)CO)cc1. The molecule has 2 rings (SSSR count). The van der Waals surface area contributed by atoms with Gasteiger partial charge in [0, 0.05) is 0 Å². The first-order chi connectivity index (χ1) is 7.96. The van der Waals surface area contributed by atoms with Gasteiger partial charge in [0.25, 0.3) is 0 Å². The van der Waals surface area contributed by atoms with Gasteiger partial charge in [-0.25, -0.2) is 8.42 Å². The summed E-state index contributed by atoms with van der Waals surface area (Å²) in [5.41, 5.74) is -0.113. The molecular weight excluding hydrogens is 238 g/mol. The van der Waals surface area contributed by atoms with Crippen molar-refractivity contribution in [2.24, 2.45) is 5.41 Å². The van der Waals surface area contributed by atoms with Crippen molar-refractivity contribution in [1.29, 1.82) is 5.26 Å². The van der Waals surface area contributed by atoms with Gasteiger partial charge in [-0.2, -0.15) is 5.26 Å². The van der Waals surface area contributed by atoms with Crippen molar-refractivity contribution in [2.45, 2.75) is 23.5 Å². The monoisotopic (exact) mass is 251 g/mol. The molecule has 1 aromatic rings. The number of hydrogen-bond donors (Lipinski definition) is 1. The topological polar surface area (TPSA) is 78.2 Å². The van der Waals surface area contributed by atoms with Gasteiger partial charge in [0.05, 0.1) is 28.2 Å². The van der Waals surface area contributed by atoms with Crippen molar-refractivity contribution in [3.63, 3.8) is 0 Å². The Hall–Kier alpha value is -1.38. The second-order valence-electron chi connectivity index (χ2n) is 4.48. The van der Waals surface area contributed by atoms with Gasteiger partial charge in [0.15, 0.2) is 9.84 Å². The molecule has 1 N–H and O–H groups in total. The average molecular weight is 251 g/mol. The second-order valence-corrected chi connectivity index (χ2v) is 6.61. The number of aliphatic hydroxyl groups is 1. The number of nitrogens with zero attached hydrogens (tertiary/aromatic N) is 1. The summed E-state index contributed by atoms with van der Waals surface area (Å²) in [6.07, 6.45) is 0.218. The fourth-order valence-electron chi connectivity index (χ4n) is 1.89. The second kappa shape index (κ2) is 3.83. The third kappa shape index (κ3) is 1.84. The van der Waals surface area contributed by atoms with Crippen molar-refractivity contribution < 1.29 is 13.5 Å². The van der Waals surface area contributed by atoms with Crippen LogP contribution in [0.25, 0.3) is 0 Å². The highest BCUT2D eigenvalue weighted by Gasteiger charge is 2.62. The molecule has 0 heterocycles. The maximum absolute atomic E-state index is 12.2. The standard InChI is InChI=1S/C12H13NO3S/c1-9-2-4-10(5-3-9)17(15,16)11-6-12(11,7-13)8-14/h2-5,11,14H,6,8H2,1H3/t11-,12-/m0/s1. The lowest BCUT2D eigenvalue weighted by molar-refractivity contribution is 0.246. The minimum absolute atomic E-state index is 0.218. The molecule has 1 aliphatic rings. The molecule has 0 saturated heterocycles. The van der Waals surface area contributed by atoms with E-state index in [0.717, 1.165) is 5.56 Å². The van der Waals surface area contributed by atoms with Crippen LogP contribution in [0.2, 0.25) is 0 Å². The first kappa shape index (κ1) is 12.1. The number of hydrogen-bond acceptors (Lipinski definition) is 4. The molecule has 1 saturated carbocycles. The average Bonchev–Trinajstić information content (AvgIpc) is 3.06. The molecule has 0 bridgehead atoms. The van der Waals surface area contributed by atoms with Crippen LogP contribution in [0.3, 0.4) is 0 Å². The van der Waals surface area contributed by atoms with Crippen LogP contribution in [0, 0.1) is 23.7 Å². The summed E-state index contributed by atoms with van der Waals surface area (Å²) in [4.78, 5) is 0.221. The van der Waals surface area contributed by atoms with Crippen LogP contribution in [0.1, 0.15) is 12.0 Å². The lowest BCUT2D eigenvalue weighted by atomic mass is 10.2. The molecule has 0 spiro atoms. The zero-order valence-corrected chi connectivity index (χ0v) is 10.2. The van der Waals surface area contributed by atoms with Crippen molar-refractivity contribution >= 4 is 9.84 Å². The molecule has 2 atom stereocenters. The molecule has 0 aliphatic heterocycles. The van der Waals surface area contributed by atoms with Gasteiger partial charge in [-0.1, -0.05) is 17.7 Å². The lowest BCUT2D eigenvalue weighted by Crippen LogP contribution is -2.18. The summed E-state index contributed by atoms with van der Waals surface area (Å²) in [5, 5.41) is 17.2. The van der Waals surface area contributed by atoms with Crippen LogP contribution in [0.15, 0.2) is 29.2 Å². The van der Waals surface area contributed by atoms with E-state index in [1.165, 1.54) is 0 Å². The van der Waals surface area contributed by atoms with Crippen LogP contribution in [0.5, 0.6) is 0 Å². The maximum atomic E-state index is 12.2. The summed E-state index contributed by atoms with van der Waals surface area (Å²) < 4.78 is 24.4. The van der Waals surface area contributed by atoms with Crippen molar-refractivity contribution in [3.8, 4) is 6.07 Å². The fraction of sp³-hybridized carbons (Fsp3) is 0.417. The zero-order valence-electron chi connectivity index (χ0n) is 9.42. The minimum Gasteiger partial charge on any atom is -0.395 e. The Morgan fingerprint density at radius 1 is 1.47 bits per heavy atom. The van der Waals surface area contributed by atoms with Gasteiger partial charge in [0.1, 0.15) is 0 Å². The molecule has 0 aromatic heterocycles. The largest absolute Gasteiger partial charge is 0.395 e. The molecule has 0 unspecified atom stereocenters. The molecule has 1 aliphatic carbocycles. The highest BCUT2D eigenvalue weighted by molar-refractivity contribution is 7.92. The quantitative estimate of drug-likeness (QED) is 0.870. The van der Waals surface area contributed by atoms with Crippen molar-refractivity contribution in [1.82, 2.24) is 0 Å². The number of rotatable bonds is 3. The van der Waals surface area contributed by atoms with Crippen molar-refractivity contribution in [3.05, 3.63) is 29.8 Å². The van der Waals surface area contributed by atoms with E-state index in [9.17, 15) is 8.42 Å². The first-order valence-electron chi connectivity index (χ1n) is 5.29. The zero-order chi connectivity index (χ0) is 12.7. The Morgan fingerprint density at radius 3 is 2.47 bits per heavy atom. The maximum Gasteiger partial charge on any atom is 0.182 e. The van der Waals surface area contributed by atoms with E-state index < -0.39 is 27.1 Å². The molecule has 4 nitrogen and oxygen atoms in total. The Labute approximate surface area is 100 Å². The summed E-state index contributed by atoms with van der Waals surface area (Å²) in [5.74, 6) is 0. The normalized spacial score (nSPS) is 27.5. The Bertz CT molecular complexity index is 571. The lowest BCUT2D eigenvalue weighted by Gasteiger charge is -2.06. The molecule has 90 valence electrons. The number of sulfone groups is 1. The molecule has 0 amide bonds. The predicted molar refractivity (Wildman–Crippen MR) is 61.9 cm³/mol. The number of aliphatic hydroxyl groups excluding tert-OH is 1. The third-order valence-electron chi connectivity index (χ3n) is 3.23. The number of nitriles is 1. The highest BCUT2D eigenvalue weighted by Crippen LogP contribution is 2.51. The Morgan fingerprint density at radius 2 is 2.06 bits per heavy atom. The number of aryl methyl sites for hydroxylation is 1. The van der Waals surface area contributed by atoms with Gasteiger partial charge < -0.3 is 5.11 Å². The van der Waals surface area contributed by atoms with Crippen LogP contribution in [-0.2, 0) is 9.84 Å². The molecule has 1 fully saturated rings. The molecule has 5 heteroatoms. The van der Waals surface area contributed by atoms with Crippen LogP contribution in [-0.4, -0.2) is 25.4 Å². The summed E-state index contributed by atoms with van der Waals surface area (Å²) in [7, 11) is -3.50. The molecule has 0 radical (unpaired) electrons. The van der Waals surface area contributed by atoms with Gasteiger partial charge in [-0.15, -0.1) is 0 Å². The summed E-state index contributed by atoms with van der Waals surface area (Å²) in [6.45, 7) is 1.47.